The lowest BCUT2D eigenvalue weighted by atomic mass is 10.1. The van der Waals surface area contributed by atoms with E-state index in [1.54, 1.807) is 36.4 Å². The number of carbonyl (C=O) groups excluding carboxylic acids is 2. The topological polar surface area (TPSA) is 92.8 Å². The number of fused-ring (bicyclic) bond motifs is 2. The molecule has 9 heteroatoms. The second kappa shape index (κ2) is 8.70. The number of carbonyl (C=O) groups is 2. The Balaban J connectivity index is 1.48. The van der Waals surface area contributed by atoms with Crippen molar-refractivity contribution in [1.82, 2.24) is 4.31 Å². The molecule has 0 saturated heterocycles. The number of thiophene rings is 1. The molecule has 0 aliphatic rings. The van der Waals surface area contributed by atoms with Crippen LogP contribution in [0.4, 0.5) is 5.69 Å². The largest absolute Gasteiger partial charge is 0.465 e. The van der Waals surface area contributed by atoms with Gasteiger partial charge in [-0.25, -0.2) is 13.2 Å². The van der Waals surface area contributed by atoms with Crippen LogP contribution in [0.3, 0.4) is 0 Å². The van der Waals surface area contributed by atoms with E-state index in [2.05, 4.69) is 5.32 Å². The van der Waals surface area contributed by atoms with Gasteiger partial charge < -0.3 is 10.1 Å². The van der Waals surface area contributed by atoms with Gasteiger partial charge in [0.05, 0.1) is 18.6 Å². The van der Waals surface area contributed by atoms with Crippen LogP contribution in [-0.2, 0) is 19.6 Å². The minimum absolute atomic E-state index is 0.126. The van der Waals surface area contributed by atoms with Gasteiger partial charge in [-0.2, -0.15) is 4.31 Å². The molecule has 0 radical (unpaired) electrons. The number of likely N-dealkylation sites (N-methyl/N-ethyl adjacent to an activating group) is 1. The number of ether oxygens (including phenoxy) is 1. The average Bonchev–Trinajstić information content (AvgIpc) is 3.21. The molecule has 1 aromatic heterocycles. The van der Waals surface area contributed by atoms with Gasteiger partial charge in [-0.1, -0.05) is 30.3 Å². The number of benzene rings is 3. The molecule has 0 bridgehead atoms. The highest BCUT2D eigenvalue weighted by molar-refractivity contribution is 7.89. The molecular weight excluding hydrogens is 448 g/mol. The summed E-state index contributed by atoms with van der Waals surface area (Å²) in [6, 6.07) is 19.3. The fourth-order valence-electron chi connectivity index (χ4n) is 3.32. The normalized spacial score (nSPS) is 11.7. The highest BCUT2D eigenvalue weighted by atomic mass is 32.2. The van der Waals surface area contributed by atoms with E-state index in [1.165, 1.54) is 31.6 Å². The molecule has 32 heavy (non-hydrogen) atoms. The van der Waals surface area contributed by atoms with Crippen molar-refractivity contribution in [3.05, 3.63) is 71.6 Å². The molecule has 0 unspecified atom stereocenters. The minimum Gasteiger partial charge on any atom is -0.465 e. The fourth-order valence-corrected chi connectivity index (χ4v) is 5.44. The van der Waals surface area contributed by atoms with Crippen molar-refractivity contribution in [2.24, 2.45) is 0 Å². The number of nitrogens with one attached hydrogen (secondary N) is 1. The summed E-state index contributed by atoms with van der Waals surface area (Å²) < 4.78 is 32.5. The molecule has 164 valence electrons. The lowest BCUT2D eigenvalue weighted by molar-refractivity contribution is -0.116. The van der Waals surface area contributed by atoms with E-state index < -0.39 is 21.9 Å². The molecule has 0 aliphatic carbocycles. The maximum Gasteiger partial charge on any atom is 0.348 e. The summed E-state index contributed by atoms with van der Waals surface area (Å²) in [6.45, 7) is -0.343. The molecule has 0 fully saturated rings. The van der Waals surface area contributed by atoms with Crippen LogP contribution in [0.25, 0.3) is 20.9 Å². The predicted molar refractivity (Wildman–Crippen MR) is 126 cm³/mol. The van der Waals surface area contributed by atoms with E-state index >= 15 is 0 Å². The first-order chi connectivity index (χ1) is 15.3. The average molecular weight is 469 g/mol. The molecule has 1 amide bonds. The Hall–Kier alpha value is -3.27. The summed E-state index contributed by atoms with van der Waals surface area (Å²) in [4.78, 5) is 24.8. The smallest absolute Gasteiger partial charge is 0.348 e. The fraction of sp³-hybridized carbons (Fsp3) is 0.130. The first-order valence-electron chi connectivity index (χ1n) is 9.65. The molecule has 4 rings (SSSR count). The van der Waals surface area contributed by atoms with Gasteiger partial charge in [0.1, 0.15) is 4.88 Å². The third-order valence-corrected chi connectivity index (χ3v) is 7.88. The van der Waals surface area contributed by atoms with Crippen molar-refractivity contribution in [2.75, 3.05) is 26.0 Å². The second-order valence-corrected chi connectivity index (χ2v) is 10.3. The zero-order valence-electron chi connectivity index (χ0n) is 17.4. The highest BCUT2D eigenvalue weighted by Gasteiger charge is 2.23. The van der Waals surface area contributed by atoms with Gasteiger partial charge in [0.2, 0.25) is 15.9 Å². The number of hydrogen-bond acceptors (Lipinski definition) is 6. The lowest BCUT2D eigenvalue weighted by Gasteiger charge is -2.17. The van der Waals surface area contributed by atoms with Crippen LogP contribution in [-0.4, -0.2) is 45.3 Å². The maximum absolute atomic E-state index is 12.9. The molecular formula is C23H20N2O5S2. The summed E-state index contributed by atoms with van der Waals surface area (Å²) in [5.41, 5.74) is 0.508. The van der Waals surface area contributed by atoms with E-state index in [0.29, 0.717) is 10.6 Å². The summed E-state index contributed by atoms with van der Waals surface area (Å²) in [7, 11) is -1.15. The van der Waals surface area contributed by atoms with Crippen LogP contribution in [0, 0.1) is 0 Å². The molecule has 3 aromatic carbocycles. The maximum atomic E-state index is 12.9. The van der Waals surface area contributed by atoms with Gasteiger partial charge in [-0.05, 0) is 52.6 Å². The van der Waals surface area contributed by atoms with Crippen molar-refractivity contribution in [3.8, 4) is 0 Å². The second-order valence-electron chi connectivity index (χ2n) is 7.17. The molecule has 1 N–H and O–H groups in total. The molecule has 0 saturated carbocycles. The van der Waals surface area contributed by atoms with Crippen LogP contribution in [0.2, 0.25) is 0 Å². The van der Waals surface area contributed by atoms with Gasteiger partial charge in [-0.3, -0.25) is 4.79 Å². The molecule has 0 atom stereocenters. The third kappa shape index (κ3) is 4.36. The summed E-state index contributed by atoms with van der Waals surface area (Å²) in [5.74, 6) is -0.892. The number of amides is 1. The van der Waals surface area contributed by atoms with Gasteiger partial charge in [0.25, 0.3) is 0 Å². The quantitative estimate of drug-likeness (QED) is 0.430. The number of esters is 1. The van der Waals surface area contributed by atoms with Crippen LogP contribution in [0.5, 0.6) is 0 Å². The third-order valence-electron chi connectivity index (χ3n) is 4.98. The van der Waals surface area contributed by atoms with E-state index in [0.717, 1.165) is 25.2 Å². The zero-order chi connectivity index (χ0) is 22.9. The highest BCUT2D eigenvalue weighted by Crippen LogP contribution is 2.28. The van der Waals surface area contributed by atoms with E-state index in [4.69, 9.17) is 4.74 Å². The number of hydrogen-bond donors (Lipinski definition) is 1. The van der Waals surface area contributed by atoms with Crippen LogP contribution < -0.4 is 5.32 Å². The molecule has 0 spiro atoms. The minimum atomic E-state index is -3.84. The number of methoxy groups -OCH3 is 1. The van der Waals surface area contributed by atoms with Crippen molar-refractivity contribution >= 4 is 59.8 Å². The van der Waals surface area contributed by atoms with E-state index in [1.807, 2.05) is 24.3 Å². The number of nitrogens with zero attached hydrogens (tertiary/aromatic N) is 1. The SMILES string of the molecule is COC(=O)c1cc2cc(NC(=O)CN(C)S(=O)(=O)c3ccc4ccccc4c3)ccc2s1. The Morgan fingerprint density at radius 3 is 2.47 bits per heavy atom. The van der Waals surface area contributed by atoms with Crippen molar-refractivity contribution in [1.29, 1.82) is 0 Å². The molecule has 7 nitrogen and oxygen atoms in total. The number of sulfonamides is 1. The predicted octanol–water partition coefficient (Wildman–Crippen LogP) is 4.10. The molecule has 1 heterocycles. The number of rotatable bonds is 6. The standard InChI is InChI=1S/C23H20N2O5S2/c1-25(32(28,29)19-9-7-15-5-3-4-6-16(15)12-19)14-22(26)24-18-8-10-20-17(11-18)13-21(31-20)23(27)30-2/h3-13H,14H2,1-2H3,(H,24,26). The van der Waals surface area contributed by atoms with Crippen molar-refractivity contribution in [3.63, 3.8) is 0 Å². The van der Waals surface area contributed by atoms with Crippen LogP contribution in [0.1, 0.15) is 9.67 Å². The van der Waals surface area contributed by atoms with Gasteiger partial charge in [0.15, 0.2) is 0 Å². The Bertz CT molecular complexity index is 1440. The van der Waals surface area contributed by atoms with Gasteiger partial charge >= 0.3 is 5.97 Å². The Morgan fingerprint density at radius 1 is 0.969 bits per heavy atom. The molecule has 0 aliphatic heterocycles. The van der Waals surface area contributed by atoms with Crippen LogP contribution >= 0.6 is 11.3 Å². The summed E-state index contributed by atoms with van der Waals surface area (Å²) in [5, 5.41) is 5.24. The Kier molecular flexibility index (Phi) is 5.96. The van der Waals surface area contributed by atoms with E-state index in [-0.39, 0.29) is 11.4 Å². The summed E-state index contributed by atoms with van der Waals surface area (Å²) >= 11 is 1.30. The van der Waals surface area contributed by atoms with E-state index in [9.17, 15) is 18.0 Å². The first-order valence-corrected chi connectivity index (χ1v) is 11.9. The molecule has 4 aromatic rings. The zero-order valence-corrected chi connectivity index (χ0v) is 19.0. The summed E-state index contributed by atoms with van der Waals surface area (Å²) in [6.07, 6.45) is 0. The van der Waals surface area contributed by atoms with Crippen molar-refractivity contribution < 1.29 is 22.7 Å². The van der Waals surface area contributed by atoms with Gasteiger partial charge in [0, 0.05) is 17.4 Å². The number of anilines is 1. The first kappa shape index (κ1) is 21.9. The Labute approximate surface area is 189 Å². The lowest BCUT2D eigenvalue weighted by Crippen LogP contribution is -2.34. The monoisotopic (exact) mass is 468 g/mol. The Morgan fingerprint density at radius 2 is 1.72 bits per heavy atom. The van der Waals surface area contributed by atoms with Crippen LogP contribution in [0.15, 0.2) is 71.6 Å². The van der Waals surface area contributed by atoms with Gasteiger partial charge in [-0.15, -0.1) is 11.3 Å². The van der Waals surface area contributed by atoms with Crippen molar-refractivity contribution in [2.45, 2.75) is 4.90 Å².